The average molecular weight is 250 g/mol. The van der Waals surface area contributed by atoms with Gasteiger partial charge >= 0.3 is 0 Å². The summed E-state index contributed by atoms with van der Waals surface area (Å²) in [6, 6.07) is 0.708. The molecule has 0 amide bonds. The third-order valence-electron chi connectivity index (χ3n) is 3.31. The highest BCUT2D eigenvalue weighted by Gasteiger charge is 2.29. The van der Waals surface area contributed by atoms with Gasteiger partial charge in [0, 0.05) is 31.2 Å². The van der Waals surface area contributed by atoms with Crippen molar-refractivity contribution in [3.63, 3.8) is 0 Å². The fourth-order valence-corrected chi connectivity index (χ4v) is 2.87. The van der Waals surface area contributed by atoms with Crippen molar-refractivity contribution in [1.29, 1.82) is 0 Å². The topological polar surface area (TPSA) is 32.6 Å². The van der Waals surface area contributed by atoms with Crippen LogP contribution in [0.5, 0.6) is 0 Å². The molecule has 2 aromatic rings. The first-order valence-electron chi connectivity index (χ1n) is 6.19. The number of imidazole rings is 1. The molecule has 0 atom stereocenters. The van der Waals surface area contributed by atoms with E-state index in [0.717, 1.165) is 23.9 Å². The van der Waals surface area contributed by atoms with Gasteiger partial charge in [0.15, 0.2) is 10.8 Å². The molecule has 0 aliphatic heterocycles. The largest absolute Gasteiger partial charge is 0.355 e. The van der Waals surface area contributed by atoms with E-state index in [1.807, 2.05) is 0 Å². The van der Waals surface area contributed by atoms with Gasteiger partial charge < -0.3 is 10.2 Å². The molecule has 1 fully saturated rings. The van der Waals surface area contributed by atoms with Crippen molar-refractivity contribution >= 4 is 22.1 Å². The molecule has 0 aromatic carbocycles. The fraction of sp³-hybridized carbons (Fsp3) is 0.583. The van der Waals surface area contributed by atoms with Crippen LogP contribution in [0.15, 0.2) is 11.6 Å². The van der Waals surface area contributed by atoms with Crippen LogP contribution in [0.2, 0.25) is 0 Å². The van der Waals surface area contributed by atoms with Crippen molar-refractivity contribution in [3.05, 3.63) is 17.3 Å². The number of nitrogens with one attached hydrogen (secondary N) is 1. The Bertz CT molecular complexity index is 512. The van der Waals surface area contributed by atoms with Gasteiger partial charge in [0.05, 0.1) is 5.69 Å². The van der Waals surface area contributed by atoms with E-state index in [0.29, 0.717) is 6.04 Å². The molecule has 1 saturated carbocycles. The van der Waals surface area contributed by atoms with Crippen LogP contribution in [0, 0.1) is 0 Å². The standard InChI is InChI=1S/C12H18N4S/c1-3-13-8-10-11(15(2)9-4-5-9)14-12-16(10)6-7-17-12/h6-7,9,13H,3-5,8H2,1-2H3. The van der Waals surface area contributed by atoms with E-state index in [9.17, 15) is 0 Å². The van der Waals surface area contributed by atoms with Crippen LogP contribution in [0.1, 0.15) is 25.5 Å². The summed E-state index contributed by atoms with van der Waals surface area (Å²) in [4.78, 5) is 8.19. The monoisotopic (exact) mass is 250 g/mol. The smallest absolute Gasteiger partial charge is 0.195 e. The molecule has 1 aliphatic carbocycles. The second kappa shape index (κ2) is 4.31. The lowest BCUT2D eigenvalue weighted by atomic mass is 10.3. The number of thiazole rings is 1. The summed E-state index contributed by atoms with van der Waals surface area (Å²) in [5, 5.41) is 5.50. The summed E-state index contributed by atoms with van der Waals surface area (Å²) in [5.74, 6) is 1.15. The van der Waals surface area contributed by atoms with Crippen LogP contribution in [0.25, 0.3) is 4.96 Å². The number of nitrogens with zero attached hydrogens (tertiary/aromatic N) is 3. The lowest BCUT2D eigenvalue weighted by Gasteiger charge is -2.17. The third kappa shape index (κ3) is 1.93. The molecule has 5 heteroatoms. The molecule has 17 heavy (non-hydrogen) atoms. The van der Waals surface area contributed by atoms with Gasteiger partial charge in [-0.05, 0) is 19.4 Å². The minimum Gasteiger partial charge on any atom is -0.355 e. The first-order chi connectivity index (χ1) is 8.31. The molecule has 2 heterocycles. The summed E-state index contributed by atoms with van der Waals surface area (Å²) < 4.78 is 2.21. The van der Waals surface area contributed by atoms with Gasteiger partial charge in [-0.15, -0.1) is 11.3 Å². The van der Waals surface area contributed by atoms with Crippen molar-refractivity contribution in [2.45, 2.75) is 32.4 Å². The maximum atomic E-state index is 4.75. The first-order valence-corrected chi connectivity index (χ1v) is 7.07. The number of hydrogen-bond donors (Lipinski definition) is 1. The van der Waals surface area contributed by atoms with Gasteiger partial charge in [-0.3, -0.25) is 4.40 Å². The number of anilines is 1. The van der Waals surface area contributed by atoms with E-state index in [1.165, 1.54) is 18.5 Å². The van der Waals surface area contributed by atoms with Gasteiger partial charge in [-0.1, -0.05) is 6.92 Å². The number of aromatic nitrogens is 2. The summed E-state index contributed by atoms with van der Waals surface area (Å²) >= 11 is 1.70. The highest BCUT2D eigenvalue weighted by Crippen LogP contribution is 2.32. The van der Waals surface area contributed by atoms with Crippen LogP contribution in [0.4, 0.5) is 5.82 Å². The van der Waals surface area contributed by atoms with Crippen LogP contribution in [0.3, 0.4) is 0 Å². The molecule has 1 N–H and O–H groups in total. The molecule has 1 aliphatic rings. The van der Waals surface area contributed by atoms with Crippen molar-refractivity contribution in [2.24, 2.45) is 0 Å². The van der Waals surface area contributed by atoms with Crippen LogP contribution in [-0.2, 0) is 6.54 Å². The zero-order valence-corrected chi connectivity index (χ0v) is 11.1. The normalized spacial score (nSPS) is 15.6. The molecule has 2 aromatic heterocycles. The Balaban J connectivity index is 1.98. The fourth-order valence-electron chi connectivity index (χ4n) is 2.15. The van der Waals surface area contributed by atoms with E-state index in [2.05, 4.69) is 40.2 Å². The number of fused-ring (bicyclic) bond motifs is 1. The highest BCUT2D eigenvalue weighted by molar-refractivity contribution is 7.15. The van der Waals surface area contributed by atoms with Crippen LogP contribution < -0.4 is 10.2 Å². The zero-order valence-electron chi connectivity index (χ0n) is 10.3. The van der Waals surface area contributed by atoms with Crippen molar-refractivity contribution in [3.8, 4) is 0 Å². The van der Waals surface area contributed by atoms with Crippen LogP contribution in [-0.4, -0.2) is 29.0 Å². The predicted molar refractivity (Wildman–Crippen MR) is 71.9 cm³/mol. The Hall–Kier alpha value is -1.07. The maximum Gasteiger partial charge on any atom is 0.195 e. The molecule has 0 saturated heterocycles. The van der Waals surface area contributed by atoms with Crippen LogP contribution >= 0.6 is 11.3 Å². The predicted octanol–water partition coefficient (Wildman–Crippen LogP) is 2.10. The second-order valence-electron chi connectivity index (χ2n) is 4.56. The first kappa shape index (κ1) is 11.0. The van der Waals surface area contributed by atoms with Gasteiger partial charge in [0.2, 0.25) is 0 Å². The Labute approximate surface area is 105 Å². The number of hydrogen-bond acceptors (Lipinski definition) is 4. The molecule has 0 radical (unpaired) electrons. The Morgan fingerprint density at radius 1 is 1.59 bits per heavy atom. The van der Waals surface area contributed by atoms with Gasteiger partial charge in [0.1, 0.15) is 0 Å². The molecule has 92 valence electrons. The molecule has 0 unspecified atom stereocenters. The Morgan fingerprint density at radius 2 is 2.41 bits per heavy atom. The summed E-state index contributed by atoms with van der Waals surface area (Å²) in [6.07, 6.45) is 4.73. The van der Waals surface area contributed by atoms with E-state index in [1.54, 1.807) is 11.3 Å². The van der Waals surface area contributed by atoms with Gasteiger partial charge in [-0.25, -0.2) is 4.98 Å². The van der Waals surface area contributed by atoms with E-state index >= 15 is 0 Å². The average Bonchev–Trinajstić information content (AvgIpc) is 2.98. The summed E-state index contributed by atoms with van der Waals surface area (Å²) in [7, 11) is 2.17. The minimum atomic E-state index is 0.708. The second-order valence-corrected chi connectivity index (χ2v) is 5.43. The quantitative estimate of drug-likeness (QED) is 0.882. The summed E-state index contributed by atoms with van der Waals surface area (Å²) in [6.45, 7) is 4.01. The van der Waals surface area contributed by atoms with Crippen molar-refractivity contribution in [2.75, 3.05) is 18.5 Å². The molecule has 4 nitrogen and oxygen atoms in total. The zero-order chi connectivity index (χ0) is 11.8. The van der Waals surface area contributed by atoms with Gasteiger partial charge in [-0.2, -0.15) is 0 Å². The van der Waals surface area contributed by atoms with E-state index in [4.69, 9.17) is 4.98 Å². The third-order valence-corrected chi connectivity index (χ3v) is 4.07. The molecule has 0 spiro atoms. The molecular weight excluding hydrogens is 232 g/mol. The van der Waals surface area contributed by atoms with Crippen molar-refractivity contribution < 1.29 is 0 Å². The SMILES string of the molecule is CCNCc1c(N(C)C2CC2)nc2sccn12. The summed E-state index contributed by atoms with van der Waals surface area (Å²) in [5.41, 5.74) is 1.29. The van der Waals surface area contributed by atoms with E-state index in [-0.39, 0.29) is 0 Å². The van der Waals surface area contributed by atoms with E-state index < -0.39 is 0 Å². The highest BCUT2D eigenvalue weighted by atomic mass is 32.1. The minimum absolute atomic E-state index is 0.708. The lowest BCUT2D eigenvalue weighted by Crippen LogP contribution is -2.23. The molecule has 3 rings (SSSR count). The maximum absolute atomic E-state index is 4.75. The molecular formula is C12H18N4S. The van der Waals surface area contributed by atoms with Crippen molar-refractivity contribution in [1.82, 2.24) is 14.7 Å². The Morgan fingerprint density at radius 3 is 3.12 bits per heavy atom. The number of rotatable bonds is 5. The van der Waals surface area contributed by atoms with Gasteiger partial charge in [0.25, 0.3) is 0 Å². The lowest BCUT2D eigenvalue weighted by molar-refractivity contribution is 0.702. The Kier molecular flexibility index (Phi) is 2.80. The molecule has 0 bridgehead atoms.